The third-order valence-corrected chi connectivity index (χ3v) is 8.74. The molecular weight excluding hydrogens is 544 g/mol. The summed E-state index contributed by atoms with van der Waals surface area (Å²) in [5.74, 6) is -0.431. The molecule has 0 spiro atoms. The molecule has 1 unspecified atom stereocenters. The third kappa shape index (κ3) is 7.54. The molecule has 0 aliphatic carbocycles. The Morgan fingerprint density at radius 1 is 1.00 bits per heavy atom. The Hall–Kier alpha value is -2.89. The Balaban J connectivity index is 1.22. The van der Waals surface area contributed by atoms with Gasteiger partial charge in [-0.05, 0) is 73.5 Å². The van der Waals surface area contributed by atoms with Crippen LogP contribution in [0.5, 0.6) is 11.5 Å². The van der Waals surface area contributed by atoms with E-state index in [1.54, 1.807) is 7.11 Å². The van der Waals surface area contributed by atoms with Gasteiger partial charge in [-0.2, -0.15) is 0 Å². The first-order valence-electron chi connectivity index (χ1n) is 14.7. The maximum absolute atomic E-state index is 13.4. The Morgan fingerprint density at radius 2 is 1.74 bits per heavy atom. The zero-order chi connectivity index (χ0) is 29.5. The fourth-order valence-electron chi connectivity index (χ4n) is 6.11. The number of aliphatic hydroxyl groups excluding tert-OH is 2. The van der Waals surface area contributed by atoms with Crippen LogP contribution in [0.15, 0.2) is 42.6 Å². The van der Waals surface area contributed by atoms with Crippen molar-refractivity contribution in [2.24, 2.45) is 5.41 Å². The number of morpholine rings is 1. The largest absolute Gasteiger partial charge is 0.497 e. The number of methoxy groups -OCH3 is 1. The quantitative estimate of drug-likeness (QED) is 0.325. The Morgan fingerprint density at radius 3 is 2.43 bits per heavy atom. The molecule has 2 N–H and O–H groups in total. The normalized spacial score (nSPS) is 18.7. The second-order valence-electron chi connectivity index (χ2n) is 11.5. The number of nitrogens with zero attached hydrogens (tertiary/aromatic N) is 3. The molecule has 2 aliphatic rings. The average molecular weight is 586 g/mol. The van der Waals surface area contributed by atoms with Crippen LogP contribution in [0.4, 0.5) is 8.78 Å². The summed E-state index contributed by atoms with van der Waals surface area (Å²) in [7, 11) is 1.63. The lowest BCUT2D eigenvalue weighted by Gasteiger charge is -2.41. The van der Waals surface area contributed by atoms with Crippen molar-refractivity contribution in [3.05, 3.63) is 65.4 Å². The monoisotopic (exact) mass is 585 g/mol. The molecule has 2 fully saturated rings. The van der Waals surface area contributed by atoms with Gasteiger partial charge in [0.2, 0.25) is 0 Å². The van der Waals surface area contributed by atoms with Gasteiger partial charge in [0.15, 0.2) is 0 Å². The first kappa shape index (κ1) is 30.6. The van der Waals surface area contributed by atoms with E-state index < -0.39 is 17.7 Å². The molecule has 1 aromatic heterocycles. The van der Waals surface area contributed by atoms with Crippen LogP contribution in [-0.4, -0.2) is 91.3 Å². The molecule has 228 valence electrons. The van der Waals surface area contributed by atoms with Crippen LogP contribution in [0.3, 0.4) is 0 Å². The van der Waals surface area contributed by atoms with Crippen LogP contribution >= 0.6 is 0 Å². The topological polar surface area (TPSA) is 87.5 Å². The molecule has 1 atom stereocenters. The van der Waals surface area contributed by atoms with Gasteiger partial charge in [0.05, 0.1) is 31.9 Å². The Bertz CT molecular complexity index is 1310. The van der Waals surface area contributed by atoms with Crippen molar-refractivity contribution in [2.45, 2.75) is 38.3 Å². The number of likely N-dealkylation sites (tertiary alicyclic amines) is 1. The lowest BCUT2D eigenvalue weighted by Crippen LogP contribution is -2.43. The van der Waals surface area contributed by atoms with Gasteiger partial charge in [-0.1, -0.05) is 0 Å². The highest BCUT2D eigenvalue weighted by Crippen LogP contribution is 2.40. The summed E-state index contributed by atoms with van der Waals surface area (Å²) >= 11 is 0. The van der Waals surface area contributed by atoms with Crippen LogP contribution in [-0.2, 0) is 11.3 Å². The van der Waals surface area contributed by atoms with E-state index in [0.717, 1.165) is 67.1 Å². The fourth-order valence-corrected chi connectivity index (χ4v) is 6.11. The van der Waals surface area contributed by atoms with Gasteiger partial charge in [0, 0.05) is 62.6 Å². The summed E-state index contributed by atoms with van der Waals surface area (Å²) in [5.41, 5.74) is 2.40. The molecule has 42 heavy (non-hydrogen) atoms. The molecule has 3 aromatic rings. The predicted molar refractivity (Wildman–Crippen MR) is 156 cm³/mol. The maximum Gasteiger partial charge on any atom is 0.129 e. The molecule has 2 saturated heterocycles. The summed E-state index contributed by atoms with van der Waals surface area (Å²) in [6.45, 7) is 6.27. The van der Waals surface area contributed by atoms with Crippen molar-refractivity contribution in [3.8, 4) is 11.5 Å². The maximum atomic E-state index is 13.4. The van der Waals surface area contributed by atoms with Gasteiger partial charge in [0.1, 0.15) is 29.7 Å². The van der Waals surface area contributed by atoms with Gasteiger partial charge in [-0.25, -0.2) is 8.78 Å². The molecule has 0 radical (unpaired) electrons. The van der Waals surface area contributed by atoms with Gasteiger partial charge in [0.25, 0.3) is 0 Å². The van der Waals surface area contributed by atoms with Crippen molar-refractivity contribution in [1.29, 1.82) is 0 Å². The van der Waals surface area contributed by atoms with Gasteiger partial charge >= 0.3 is 0 Å². The number of hydrogen-bond donors (Lipinski definition) is 2. The highest BCUT2D eigenvalue weighted by Gasteiger charge is 2.35. The van der Waals surface area contributed by atoms with Gasteiger partial charge in [-0.3, -0.25) is 14.8 Å². The van der Waals surface area contributed by atoms with Crippen molar-refractivity contribution in [2.75, 3.05) is 66.3 Å². The summed E-state index contributed by atoms with van der Waals surface area (Å²) in [5, 5.41) is 23.0. The van der Waals surface area contributed by atoms with E-state index in [-0.39, 0.29) is 17.8 Å². The van der Waals surface area contributed by atoms with Crippen LogP contribution in [0.1, 0.15) is 42.9 Å². The SMILES string of the molecule is COc1ccc2ncc(CN3CCOCC3)c(C(O)CCC3(CO)CCN(CCOc4cc(F)cc(F)c4)CC3)c2c1. The van der Waals surface area contributed by atoms with E-state index in [1.807, 2.05) is 24.4 Å². The number of rotatable bonds is 12. The number of benzene rings is 2. The molecular formula is C32H41F2N3O5. The minimum atomic E-state index is -0.722. The lowest BCUT2D eigenvalue weighted by atomic mass is 9.74. The molecule has 2 aromatic carbocycles. The van der Waals surface area contributed by atoms with E-state index in [2.05, 4.69) is 14.8 Å². The number of aliphatic hydroxyl groups is 2. The zero-order valence-corrected chi connectivity index (χ0v) is 24.2. The van der Waals surface area contributed by atoms with Crippen molar-refractivity contribution in [3.63, 3.8) is 0 Å². The number of fused-ring (bicyclic) bond motifs is 1. The van der Waals surface area contributed by atoms with Crippen molar-refractivity contribution >= 4 is 10.9 Å². The zero-order valence-electron chi connectivity index (χ0n) is 24.2. The molecule has 0 saturated carbocycles. The van der Waals surface area contributed by atoms with E-state index >= 15 is 0 Å². The lowest BCUT2D eigenvalue weighted by molar-refractivity contribution is 0.0199. The molecule has 10 heteroatoms. The number of ether oxygens (including phenoxy) is 3. The first-order valence-corrected chi connectivity index (χ1v) is 14.7. The highest BCUT2D eigenvalue weighted by atomic mass is 19.1. The smallest absolute Gasteiger partial charge is 0.129 e. The van der Waals surface area contributed by atoms with Crippen molar-refractivity contribution in [1.82, 2.24) is 14.8 Å². The van der Waals surface area contributed by atoms with E-state index in [0.29, 0.717) is 51.5 Å². The molecule has 0 amide bonds. The minimum Gasteiger partial charge on any atom is -0.497 e. The van der Waals surface area contributed by atoms with Crippen LogP contribution in [0.25, 0.3) is 10.9 Å². The number of halogens is 2. The molecule has 2 aliphatic heterocycles. The van der Waals surface area contributed by atoms with E-state index in [4.69, 9.17) is 14.2 Å². The molecule has 3 heterocycles. The Labute approximate surface area is 245 Å². The summed E-state index contributed by atoms with van der Waals surface area (Å²) in [6, 6.07) is 8.92. The average Bonchev–Trinajstić information content (AvgIpc) is 3.00. The highest BCUT2D eigenvalue weighted by molar-refractivity contribution is 5.85. The van der Waals surface area contributed by atoms with Crippen molar-refractivity contribution < 1.29 is 33.2 Å². The van der Waals surface area contributed by atoms with Crippen LogP contribution in [0.2, 0.25) is 0 Å². The number of piperidine rings is 1. The number of pyridine rings is 1. The second kappa shape index (κ2) is 14.1. The van der Waals surface area contributed by atoms with Gasteiger partial charge in [-0.15, -0.1) is 0 Å². The van der Waals surface area contributed by atoms with Crippen LogP contribution in [0, 0.1) is 17.0 Å². The standard InChI is InChI=1S/C32H41F2N3O5/c1-40-26-2-3-29-28(19-26)31(23(20-35-29)21-37-10-13-41-14-11-37)30(39)4-5-32(22-38)6-8-36(9-7-32)12-15-42-27-17-24(33)16-25(34)18-27/h2-3,16-20,30,38-39H,4-15,21-22H2,1H3. The number of hydrogen-bond acceptors (Lipinski definition) is 8. The fraction of sp³-hybridized carbons (Fsp3) is 0.531. The van der Waals surface area contributed by atoms with Crippen LogP contribution < -0.4 is 9.47 Å². The van der Waals surface area contributed by atoms with E-state index in [9.17, 15) is 19.0 Å². The second-order valence-corrected chi connectivity index (χ2v) is 11.5. The number of aromatic nitrogens is 1. The summed E-state index contributed by atoms with van der Waals surface area (Å²) < 4.78 is 43.4. The Kier molecular flexibility index (Phi) is 10.2. The van der Waals surface area contributed by atoms with Gasteiger partial charge < -0.3 is 24.4 Å². The summed E-state index contributed by atoms with van der Waals surface area (Å²) in [6.07, 6.45) is 3.93. The minimum absolute atomic E-state index is 0.0537. The molecule has 0 bridgehead atoms. The molecule has 8 nitrogen and oxygen atoms in total. The predicted octanol–water partition coefficient (Wildman–Crippen LogP) is 4.32. The third-order valence-electron chi connectivity index (χ3n) is 8.74. The summed E-state index contributed by atoms with van der Waals surface area (Å²) in [4.78, 5) is 9.25. The molecule has 5 rings (SSSR count). The first-order chi connectivity index (χ1) is 20.4. The van der Waals surface area contributed by atoms with E-state index in [1.165, 1.54) is 12.1 Å².